The van der Waals surface area contributed by atoms with Crippen molar-refractivity contribution in [2.45, 2.75) is 6.42 Å². The Morgan fingerprint density at radius 1 is 1.22 bits per heavy atom. The quantitative estimate of drug-likeness (QED) is 0.690. The molecule has 0 aliphatic heterocycles. The minimum absolute atomic E-state index is 0.107. The number of hydrogen-bond donors (Lipinski definition) is 2. The van der Waals surface area contributed by atoms with Crippen molar-refractivity contribution in [1.29, 1.82) is 0 Å². The van der Waals surface area contributed by atoms with Gasteiger partial charge < -0.3 is 14.8 Å². The van der Waals surface area contributed by atoms with Gasteiger partial charge in [-0.2, -0.15) is 0 Å². The first-order chi connectivity index (χ1) is 11.2. The Labute approximate surface area is 139 Å². The van der Waals surface area contributed by atoms with Crippen molar-refractivity contribution in [3.63, 3.8) is 0 Å². The Morgan fingerprint density at radius 2 is 2.00 bits per heavy atom. The number of methoxy groups -OCH3 is 1. The summed E-state index contributed by atoms with van der Waals surface area (Å²) in [6, 6.07) is 13.4. The molecule has 0 aliphatic carbocycles. The molecule has 3 rings (SSSR count). The number of aliphatic imine (C=N–C) groups is 1. The molecule has 0 bridgehead atoms. The van der Waals surface area contributed by atoms with E-state index in [4.69, 9.17) is 16.3 Å². The van der Waals surface area contributed by atoms with E-state index >= 15 is 0 Å². The van der Waals surface area contributed by atoms with E-state index in [2.05, 4.69) is 9.98 Å². The second kappa shape index (κ2) is 6.75. The number of halogens is 1. The molecule has 0 unspecified atom stereocenters. The third kappa shape index (κ3) is 3.48. The first kappa shape index (κ1) is 15.4. The van der Waals surface area contributed by atoms with Gasteiger partial charge in [-0.3, -0.25) is 4.99 Å². The third-order valence-corrected chi connectivity index (χ3v) is 3.92. The summed E-state index contributed by atoms with van der Waals surface area (Å²) in [5.41, 5.74) is 2.68. The lowest BCUT2D eigenvalue weighted by Crippen LogP contribution is -1.91. The molecule has 23 heavy (non-hydrogen) atoms. The Kier molecular flexibility index (Phi) is 4.53. The van der Waals surface area contributed by atoms with E-state index in [1.807, 2.05) is 30.3 Å². The Morgan fingerprint density at radius 3 is 2.74 bits per heavy atom. The minimum Gasteiger partial charge on any atom is -0.497 e. The highest BCUT2D eigenvalue weighted by Crippen LogP contribution is 2.27. The van der Waals surface area contributed by atoms with Gasteiger partial charge >= 0.3 is 0 Å². The molecule has 1 aromatic heterocycles. The van der Waals surface area contributed by atoms with Crippen LogP contribution in [0.2, 0.25) is 5.02 Å². The van der Waals surface area contributed by atoms with Gasteiger partial charge in [0.05, 0.1) is 18.2 Å². The van der Waals surface area contributed by atoms with Crippen molar-refractivity contribution < 1.29 is 9.84 Å². The maximum atomic E-state index is 10.00. The fourth-order valence-corrected chi connectivity index (χ4v) is 2.62. The lowest BCUT2D eigenvalue weighted by molar-refractivity contribution is 0.414. The van der Waals surface area contributed by atoms with E-state index < -0.39 is 0 Å². The summed E-state index contributed by atoms with van der Waals surface area (Å²) in [7, 11) is 1.65. The van der Waals surface area contributed by atoms with Crippen molar-refractivity contribution in [2.75, 3.05) is 13.7 Å². The number of hydrogen-bond acceptors (Lipinski definition) is 3. The number of ether oxygens (including phenoxy) is 1. The summed E-state index contributed by atoms with van der Waals surface area (Å²) in [5, 5.41) is 11.5. The summed E-state index contributed by atoms with van der Waals surface area (Å²) >= 11 is 5.95. The fourth-order valence-electron chi connectivity index (χ4n) is 2.45. The molecule has 1 heterocycles. The first-order valence-electron chi connectivity index (χ1n) is 7.30. The molecule has 118 valence electrons. The lowest BCUT2D eigenvalue weighted by Gasteiger charge is -2.01. The van der Waals surface area contributed by atoms with Gasteiger partial charge in [-0.25, -0.2) is 0 Å². The molecular formula is C18H17ClN2O2. The zero-order valence-corrected chi connectivity index (χ0v) is 13.5. The highest BCUT2D eigenvalue weighted by atomic mass is 35.5. The van der Waals surface area contributed by atoms with E-state index in [1.165, 1.54) is 5.56 Å². The molecule has 3 aromatic rings. The topological polar surface area (TPSA) is 57.6 Å². The predicted octanol–water partition coefficient (Wildman–Crippen LogP) is 4.20. The van der Waals surface area contributed by atoms with Crippen LogP contribution in [0.15, 0.2) is 47.5 Å². The van der Waals surface area contributed by atoms with Gasteiger partial charge in [-0.05, 0) is 36.2 Å². The largest absolute Gasteiger partial charge is 0.497 e. The lowest BCUT2D eigenvalue weighted by atomic mass is 10.1. The monoisotopic (exact) mass is 328 g/mol. The second-order valence-corrected chi connectivity index (χ2v) is 5.65. The molecular weight excluding hydrogens is 312 g/mol. The summed E-state index contributed by atoms with van der Waals surface area (Å²) in [6.45, 7) is 0.645. The second-order valence-electron chi connectivity index (χ2n) is 5.21. The van der Waals surface area contributed by atoms with Gasteiger partial charge in [-0.15, -0.1) is 0 Å². The van der Waals surface area contributed by atoms with Crippen LogP contribution in [0.3, 0.4) is 0 Å². The van der Waals surface area contributed by atoms with E-state index in [0.717, 1.165) is 23.1 Å². The van der Waals surface area contributed by atoms with Crippen LogP contribution in [0, 0.1) is 0 Å². The molecule has 0 saturated carbocycles. The van der Waals surface area contributed by atoms with Crippen LogP contribution in [-0.2, 0) is 6.42 Å². The molecule has 5 heteroatoms. The number of fused-ring (bicyclic) bond motifs is 1. The number of H-pyrrole nitrogens is 1. The Balaban J connectivity index is 1.69. The van der Waals surface area contributed by atoms with Crippen LogP contribution in [0.1, 0.15) is 11.1 Å². The zero-order valence-electron chi connectivity index (χ0n) is 12.7. The van der Waals surface area contributed by atoms with E-state index in [1.54, 1.807) is 25.5 Å². The maximum absolute atomic E-state index is 10.00. The summed E-state index contributed by atoms with van der Waals surface area (Å²) in [6.07, 6.45) is 2.53. The van der Waals surface area contributed by atoms with E-state index in [9.17, 15) is 5.11 Å². The highest BCUT2D eigenvalue weighted by molar-refractivity contribution is 6.31. The zero-order chi connectivity index (χ0) is 16.2. The molecule has 0 saturated heterocycles. The number of rotatable bonds is 5. The summed E-state index contributed by atoms with van der Waals surface area (Å²) < 4.78 is 5.14. The number of benzene rings is 2. The van der Waals surface area contributed by atoms with Crippen LogP contribution in [-0.4, -0.2) is 30.0 Å². The van der Waals surface area contributed by atoms with Crippen LogP contribution < -0.4 is 4.74 Å². The SMILES string of the molecule is COc1ccc(CCN=Cc2c(O)[nH]c3cc(Cl)ccc23)cc1. The number of nitrogens with zero attached hydrogens (tertiary/aromatic N) is 1. The van der Waals surface area contributed by atoms with Gasteiger partial charge in [0, 0.05) is 23.2 Å². The molecule has 0 atom stereocenters. The first-order valence-corrected chi connectivity index (χ1v) is 7.68. The van der Waals surface area contributed by atoms with Gasteiger partial charge in [0.15, 0.2) is 5.88 Å². The van der Waals surface area contributed by atoms with Crippen molar-refractivity contribution >= 4 is 28.7 Å². The van der Waals surface area contributed by atoms with Gasteiger partial charge in [-0.1, -0.05) is 29.8 Å². The van der Waals surface area contributed by atoms with Crippen molar-refractivity contribution in [3.05, 3.63) is 58.6 Å². The third-order valence-electron chi connectivity index (χ3n) is 3.69. The number of nitrogens with one attached hydrogen (secondary N) is 1. The van der Waals surface area contributed by atoms with E-state index in [-0.39, 0.29) is 5.88 Å². The number of aromatic amines is 1. The molecule has 0 fully saturated rings. The molecule has 2 N–H and O–H groups in total. The van der Waals surface area contributed by atoms with Crippen molar-refractivity contribution in [2.24, 2.45) is 4.99 Å². The molecule has 0 aliphatic rings. The molecule has 2 aromatic carbocycles. The van der Waals surface area contributed by atoms with Gasteiger partial charge in [0.25, 0.3) is 0 Å². The van der Waals surface area contributed by atoms with Crippen molar-refractivity contribution in [3.8, 4) is 11.6 Å². The average molecular weight is 329 g/mol. The smallest absolute Gasteiger partial charge is 0.198 e. The van der Waals surface area contributed by atoms with Crippen molar-refractivity contribution in [1.82, 2.24) is 4.98 Å². The predicted molar refractivity (Wildman–Crippen MR) is 94.1 cm³/mol. The number of aromatic hydroxyl groups is 1. The van der Waals surface area contributed by atoms with Crippen LogP contribution in [0.4, 0.5) is 0 Å². The summed E-state index contributed by atoms with van der Waals surface area (Å²) in [5.74, 6) is 0.954. The van der Waals surface area contributed by atoms with Crippen LogP contribution in [0.25, 0.3) is 10.9 Å². The summed E-state index contributed by atoms with van der Waals surface area (Å²) in [4.78, 5) is 7.32. The highest BCUT2D eigenvalue weighted by Gasteiger charge is 2.08. The van der Waals surface area contributed by atoms with Crippen LogP contribution in [0.5, 0.6) is 11.6 Å². The van der Waals surface area contributed by atoms with Gasteiger partial charge in [0.1, 0.15) is 5.75 Å². The molecule has 0 spiro atoms. The Bertz CT molecular complexity index is 838. The molecule has 0 amide bonds. The standard InChI is InChI=1S/C18H17ClN2O2/c1-23-14-5-2-12(3-6-14)8-9-20-11-16-15-7-4-13(19)10-17(15)21-18(16)22/h2-7,10-11,21-22H,8-9H2,1H3. The molecule has 0 radical (unpaired) electrons. The van der Waals surface area contributed by atoms with E-state index in [0.29, 0.717) is 17.1 Å². The average Bonchev–Trinajstić information content (AvgIpc) is 2.86. The number of aromatic nitrogens is 1. The maximum Gasteiger partial charge on any atom is 0.198 e. The minimum atomic E-state index is 0.107. The van der Waals surface area contributed by atoms with Crippen LogP contribution >= 0.6 is 11.6 Å². The normalized spacial score (nSPS) is 11.4. The fraction of sp³-hybridized carbons (Fsp3) is 0.167. The van der Waals surface area contributed by atoms with Gasteiger partial charge in [0.2, 0.25) is 0 Å². The molecule has 4 nitrogen and oxygen atoms in total. The Hall–Kier alpha value is -2.46.